The van der Waals surface area contributed by atoms with Crippen LogP contribution < -0.4 is 5.56 Å². The minimum atomic E-state index is -0.233. The molecule has 1 aromatic heterocycles. The number of hydrogen-bond donors (Lipinski definition) is 0. The highest BCUT2D eigenvalue weighted by molar-refractivity contribution is 6.36. The molecule has 0 aliphatic carbocycles. The molecule has 0 atom stereocenters. The van der Waals surface area contributed by atoms with Crippen molar-refractivity contribution in [2.45, 2.75) is 0 Å². The Labute approximate surface area is 183 Å². The minimum absolute atomic E-state index is 0.192. The molecule has 0 saturated carbocycles. The second-order valence-electron chi connectivity index (χ2n) is 7.18. The number of para-hydroxylation sites is 1. The van der Waals surface area contributed by atoms with Crippen LogP contribution in [0.4, 0.5) is 0 Å². The molecule has 1 aliphatic rings. The quantitative estimate of drug-likeness (QED) is 0.609. The third-order valence-electron chi connectivity index (χ3n) is 5.40. The van der Waals surface area contributed by atoms with Crippen molar-refractivity contribution in [1.82, 2.24) is 14.4 Å². The lowest BCUT2D eigenvalue weighted by Gasteiger charge is -2.35. The van der Waals surface area contributed by atoms with Crippen molar-refractivity contribution in [2.24, 2.45) is 7.05 Å². The van der Waals surface area contributed by atoms with Gasteiger partial charge in [-0.2, -0.15) is 0 Å². The van der Waals surface area contributed by atoms with Crippen molar-refractivity contribution in [2.75, 3.05) is 26.2 Å². The summed E-state index contributed by atoms with van der Waals surface area (Å²) in [7, 11) is 1.69. The van der Waals surface area contributed by atoms with E-state index in [9.17, 15) is 14.4 Å². The number of carbonyl (C=O) groups excluding carboxylic acids is 2. The Morgan fingerprint density at radius 3 is 2.07 bits per heavy atom. The Kier molecular flexibility index (Phi) is 5.54. The molecule has 1 saturated heterocycles. The summed E-state index contributed by atoms with van der Waals surface area (Å²) in [5, 5.41) is 1.50. The lowest BCUT2D eigenvalue weighted by Crippen LogP contribution is -2.50. The second-order valence-corrected chi connectivity index (χ2v) is 8.02. The molecule has 0 bridgehead atoms. The third-order valence-corrected chi connectivity index (χ3v) is 5.95. The molecular weight excluding hydrogens is 425 g/mol. The number of nitrogens with zero attached hydrogens (tertiary/aromatic N) is 3. The van der Waals surface area contributed by atoms with Crippen molar-refractivity contribution in [1.29, 1.82) is 0 Å². The average molecular weight is 444 g/mol. The fourth-order valence-electron chi connectivity index (χ4n) is 3.70. The first-order valence-corrected chi connectivity index (χ1v) is 10.2. The number of fused-ring (bicyclic) bond motifs is 1. The van der Waals surface area contributed by atoms with E-state index in [0.717, 1.165) is 5.39 Å². The number of rotatable bonds is 2. The molecule has 6 nitrogen and oxygen atoms in total. The van der Waals surface area contributed by atoms with Gasteiger partial charge >= 0.3 is 0 Å². The Hall–Kier alpha value is -2.83. The second kappa shape index (κ2) is 8.13. The zero-order valence-corrected chi connectivity index (χ0v) is 17.8. The van der Waals surface area contributed by atoms with E-state index in [-0.39, 0.29) is 17.4 Å². The van der Waals surface area contributed by atoms with Gasteiger partial charge < -0.3 is 14.4 Å². The molecule has 2 amide bonds. The summed E-state index contributed by atoms with van der Waals surface area (Å²) in [4.78, 5) is 41.6. The van der Waals surface area contributed by atoms with Crippen LogP contribution in [0.2, 0.25) is 10.0 Å². The van der Waals surface area contributed by atoms with E-state index in [2.05, 4.69) is 0 Å². The van der Waals surface area contributed by atoms with E-state index in [1.807, 2.05) is 24.3 Å². The normalized spacial score (nSPS) is 14.2. The standard InChI is InChI=1S/C22H19Cl2N3O3/c1-25-19-5-3-2-4-15(19)17(13-20(25)28)22(30)27-10-8-26(9-11-27)21(29)16-7-6-14(23)12-18(16)24/h2-7,12-13H,8-11H2,1H3. The molecule has 4 rings (SSSR count). The number of piperazine rings is 1. The molecule has 8 heteroatoms. The smallest absolute Gasteiger partial charge is 0.255 e. The van der Waals surface area contributed by atoms with E-state index in [0.29, 0.717) is 52.9 Å². The number of carbonyl (C=O) groups is 2. The Balaban J connectivity index is 1.53. The van der Waals surface area contributed by atoms with Gasteiger partial charge in [0, 0.05) is 49.7 Å². The molecule has 3 aromatic rings. The number of aryl methyl sites for hydroxylation is 1. The SMILES string of the molecule is Cn1c(=O)cc(C(=O)N2CCN(C(=O)c3ccc(Cl)cc3Cl)CC2)c2ccccc21. The van der Waals surface area contributed by atoms with Crippen LogP contribution in [0.15, 0.2) is 53.3 Å². The highest BCUT2D eigenvalue weighted by Gasteiger charge is 2.27. The molecule has 1 aliphatic heterocycles. The van der Waals surface area contributed by atoms with E-state index >= 15 is 0 Å². The third kappa shape index (κ3) is 3.68. The van der Waals surface area contributed by atoms with Crippen LogP contribution >= 0.6 is 23.2 Å². The first-order valence-electron chi connectivity index (χ1n) is 9.49. The molecule has 2 heterocycles. The minimum Gasteiger partial charge on any atom is -0.335 e. The van der Waals surface area contributed by atoms with Crippen molar-refractivity contribution < 1.29 is 9.59 Å². The monoisotopic (exact) mass is 443 g/mol. The van der Waals surface area contributed by atoms with Gasteiger partial charge in [-0.25, -0.2) is 0 Å². The number of amides is 2. The molecule has 1 fully saturated rings. The Bertz CT molecular complexity index is 1210. The van der Waals surface area contributed by atoms with Crippen LogP contribution in [-0.4, -0.2) is 52.4 Å². The fraction of sp³-hybridized carbons (Fsp3) is 0.227. The van der Waals surface area contributed by atoms with Gasteiger partial charge in [-0.3, -0.25) is 14.4 Å². The van der Waals surface area contributed by atoms with Gasteiger partial charge in [0.25, 0.3) is 17.4 Å². The van der Waals surface area contributed by atoms with Crippen LogP contribution in [0, 0.1) is 0 Å². The van der Waals surface area contributed by atoms with Gasteiger partial charge in [0.15, 0.2) is 0 Å². The molecule has 154 valence electrons. The molecule has 0 unspecified atom stereocenters. The fourth-order valence-corrected chi connectivity index (χ4v) is 4.19. The van der Waals surface area contributed by atoms with Crippen LogP contribution in [0.25, 0.3) is 10.9 Å². The van der Waals surface area contributed by atoms with Crippen molar-refractivity contribution in [3.05, 3.63) is 80.1 Å². The van der Waals surface area contributed by atoms with Gasteiger partial charge in [-0.1, -0.05) is 41.4 Å². The van der Waals surface area contributed by atoms with Gasteiger partial charge in [-0.15, -0.1) is 0 Å². The number of benzene rings is 2. The van der Waals surface area contributed by atoms with Gasteiger partial charge in [0.2, 0.25) is 0 Å². The number of aromatic nitrogens is 1. The van der Waals surface area contributed by atoms with Crippen LogP contribution in [0.1, 0.15) is 20.7 Å². The largest absolute Gasteiger partial charge is 0.335 e. The Morgan fingerprint density at radius 1 is 0.833 bits per heavy atom. The summed E-state index contributed by atoms with van der Waals surface area (Å²) in [6, 6.07) is 13.5. The highest BCUT2D eigenvalue weighted by atomic mass is 35.5. The van der Waals surface area contributed by atoms with Crippen LogP contribution in [0.5, 0.6) is 0 Å². The molecule has 30 heavy (non-hydrogen) atoms. The van der Waals surface area contributed by atoms with Gasteiger partial charge in [0.05, 0.1) is 21.7 Å². The maximum atomic E-state index is 13.2. The molecular formula is C22H19Cl2N3O3. The first kappa shape index (κ1) is 20.4. The summed E-state index contributed by atoms with van der Waals surface area (Å²) in [6.07, 6.45) is 0. The topological polar surface area (TPSA) is 62.6 Å². The van der Waals surface area contributed by atoms with Gasteiger partial charge in [0.1, 0.15) is 0 Å². The molecule has 0 N–H and O–H groups in total. The van der Waals surface area contributed by atoms with E-state index in [1.54, 1.807) is 29.0 Å². The average Bonchev–Trinajstić information content (AvgIpc) is 2.75. The lowest BCUT2D eigenvalue weighted by molar-refractivity contribution is 0.0536. The zero-order chi connectivity index (χ0) is 21.4. The summed E-state index contributed by atoms with van der Waals surface area (Å²) >= 11 is 12.1. The highest BCUT2D eigenvalue weighted by Crippen LogP contribution is 2.23. The van der Waals surface area contributed by atoms with Crippen molar-refractivity contribution in [3.63, 3.8) is 0 Å². The van der Waals surface area contributed by atoms with Crippen LogP contribution in [0.3, 0.4) is 0 Å². The summed E-state index contributed by atoms with van der Waals surface area (Å²) in [5.74, 6) is -0.400. The predicted molar refractivity (Wildman–Crippen MR) is 117 cm³/mol. The summed E-state index contributed by atoms with van der Waals surface area (Å²) in [6.45, 7) is 1.51. The predicted octanol–water partition coefficient (Wildman–Crippen LogP) is 3.44. The van der Waals surface area contributed by atoms with E-state index in [4.69, 9.17) is 23.2 Å². The number of halogens is 2. The van der Waals surface area contributed by atoms with E-state index in [1.165, 1.54) is 16.7 Å². The summed E-state index contributed by atoms with van der Waals surface area (Å²) in [5.41, 5.74) is 1.25. The first-order chi connectivity index (χ1) is 14.4. The Morgan fingerprint density at radius 2 is 1.43 bits per heavy atom. The molecule has 2 aromatic carbocycles. The maximum absolute atomic E-state index is 13.2. The zero-order valence-electron chi connectivity index (χ0n) is 16.3. The number of hydrogen-bond acceptors (Lipinski definition) is 3. The van der Waals surface area contributed by atoms with Gasteiger partial charge in [-0.05, 0) is 24.3 Å². The van der Waals surface area contributed by atoms with Crippen molar-refractivity contribution in [3.8, 4) is 0 Å². The number of pyridine rings is 1. The van der Waals surface area contributed by atoms with E-state index < -0.39 is 0 Å². The van der Waals surface area contributed by atoms with Crippen LogP contribution in [-0.2, 0) is 7.05 Å². The summed E-state index contributed by atoms with van der Waals surface area (Å²) < 4.78 is 1.53. The van der Waals surface area contributed by atoms with Crippen molar-refractivity contribution >= 4 is 45.9 Å². The molecule has 0 spiro atoms. The maximum Gasteiger partial charge on any atom is 0.255 e. The lowest BCUT2D eigenvalue weighted by atomic mass is 10.1. The molecule has 0 radical (unpaired) electrons.